The van der Waals surface area contributed by atoms with Crippen LogP contribution in [0.2, 0.25) is 5.02 Å². The molecule has 0 saturated carbocycles. The van der Waals surface area contributed by atoms with Gasteiger partial charge in [-0.3, -0.25) is 4.90 Å². The van der Waals surface area contributed by atoms with E-state index in [1.54, 1.807) is 41.7 Å². The number of fused-ring (bicyclic) bond motifs is 1. The Morgan fingerprint density at radius 2 is 1.77 bits per heavy atom. The number of nitrogens with zero attached hydrogens (tertiary/aromatic N) is 2. The normalized spacial score (nSPS) is 13.3. The van der Waals surface area contributed by atoms with E-state index in [0.29, 0.717) is 28.4 Å². The topological polar surface area (TPSA) is 42.0 Å². The maximum Gasteiger partial charge on any atom is 0.339 e. The van der Waals surface area contributed by atoms with Gasteiger partial charge >= 0.3 is 6.03 Å². The van der Waals surface area contributed by atoms with Crippen molar-refractivity contribution >= 4 is 41.0 Å². The molecule has 0 N–H and O–H groups in total. The van der Waals surface area contributed by atoms with Gasteiger partial charge in [0, 0.05) is 11.6 Å². The molecule has 0 radical (unpaired) electrons. The predicted molar refractivity (Wildman–Crippen MR) is 117 cm³/mol. The van der Waals surface area contributed by atoms with Crippen molar-refractivity contribution in [1.29, 1.82) is 0 Å². The number of hydrogen-bond donors (Lipinski definition) is 0. The van der Waals surface area contributed by atoms with Crippen molar-refractivity contribution in [1.82, 2.24) is 0 Å². The molecule has 0 unspecified atom stereocenters. The molecule has 0 spiro atoms. The quantitative estimate of drug-likeness (QED) is 0.442. The number of para-hydroxylation sites is 1. The summed E-state index contributed by atoms with van der Waals surface area (Å²) in [5.41, 5.74) is 1.67. The highest BCUT2D eigenvalue weighted by molar-refractivity contribution is 8.01. The standard InChI is InChI=1S/C22H18ClFN2O3S/c1-28-18-11-10-15(12-19(18)29-2)26-22(27)25(17-8-3-4-9-20(17)30-26)13-14-6-5-7-16(23)21(14)24/h3-12H,13H2,1-2H3. The van der Waals surface area contributed by atoms with Gasteiger partial charge in [0.15, 0.2) is 11.5 Å². The predicted octanol–water partition coefficient (Wildman–Crippen LogP) is 6.15. The van der Waals surface area contributed by atoms with Crippen LogP contribution in [0.4, 0.5) is 20.6 Å². The maximum absolute atomic E-state index is 14.5. The van der Waals surface area contributed by atoms with Gasteiger partial charge in [0.2, 0.25) is 0 Å². The summed E-state index contributed by atoms with van der Waals surface area (Å²) >= 11 is 7.23. The van der Waals surface area contributed by atoms with Crippen molar-refractivity contribution in [3.05, 3.63) is 77.1 Å². The zero-order chi connectivity index (χ0) is 21.3. The summed E-state index contributed by atoms with van der Waals surface area (Å²) in [5, 5.41) is 0.0244. The summed E-state index contributed by atoms with van der Waals surface area (Å²) in [6.07, 6.45) is 0. The summed E-state index contributed by atoms with van der Waals surface area (Å²) in [6.45, 7) is 0.0482. The highest BCUT2D eigenvalue weighted by Gasteiger charge is 2.33. The Bertz CT molecular complexity index is 1110. The van der Waals surface area contributed by atoms with E-state index in [1.165, 1.54) is 30.0 Å². The minimum absolute atomic E-state index is 0.0244. The summed E-state index contributed by atoms with van der Waals surface area (Å²) in [4.78, 5) is 15.9. The molecule has 0 atom stereocenters. The van der Waals surface area contributed by atoms with E-state index in [2.05, 4.69) is 0 Å². The Morgan fingerprint density at radius 3 is 2.53 bits per heavy atom. The average molecular weight is 445 g/mol. The number of halogens is 2. The molecule has 1 aliphatic heterocycles. The van der Waals surface area contributed by atoms with Gasteiger partial charge in [-0.05, 0) is 42.3 Å². The minimum Gasteiger partial charge on any atom is -0.493 e. The number of urea groups is 1. The fourth-order valence-electron chi connectivity index (χ4n) is 3.22. The maximum atomic E-state index is 14.5. The third-order valence-corrected chi connectivity index (χ3v) is 6.10. The number of rotatable bonds is 5. The first-order valence-corrected chi connectivity index (χ1v) is 10.2. The lowest BCUT2D eigenvalue weighted by Gasteiger charge is -2.36. The molecule has 30 heavy (non-hydrogen) atoms. The number of ether oxygens (including phenoxy) is 2. The van der Waals surface area contributed by atoms with E-state index in [9.17, 15) is 9.18 Å². The lowest BCUT2D eigenvalue weighted by Crippen LogP contribution is -2.43. The molecule has 154 valence electrons. The van der Waals surface area contributed by atoms with Crippen LogP contribution >= 0.6 is 23.5 Å². The van der Waals surface area contributed by atoms with E-state index >= 15 is 0 Å². The molecule has 0 fully saturated rings. The molecule has 1 heterocycles. The van der Waals surface area contributed by atoms with Crippen LogP contribution in [-0.4, -0.2) is 20.3 Å². The first-order chi connectivity index (χ1) is 14.5. The Balaban J connectivity index is 1.75. The van der Waals surface area contributed by atoms with Crippen molar-refractivity contribution in [3.8, 4) is 11.5 Å². The molecule has 3 aromatic rings. The molecular weight excluding hydrogens is 427 g/mol. The SMILES string of the molecule is COc1ccc(N2Sc3ccccc3N(Cc3cccc(Cl)c3F)C2=O)cc1OC. The van der Waals surface area contributed by atoms with Gasteiger partial charge in [0.1, 0.15) is 5.82 Å². The third-order valence-electron chi connectivity index (χ3n) is 4.71. The number of anilines is 2. The number of carbonyl (C=O) groups is 1. The van der Waals surface area contributed by atoms with Crippen molar-refractivity contribution in [3.63, 3.8) is 0 Å². The second-order valence-corrected chi connectivity index (χ2v) is 7.87. The summed E-state index contributed by atoms with van der Waals surface area (Å²) < 4.78 is 26.8. The average Bonchev–Trinajstić information content (AvgIpc) is 2.77. The molecule has 5 nitrogen and oxygen atoms in total. The number of amides is 2. The minimum atomic E-state index is -0.527. The van der Waals surface area contributed by atoms with Crippen LogP contribution in [0, 0.1) is 5.82 Å². The lowest BCUT2D eigenvalue weighted by molar-refractivity contribution is 0.254. The van der Waals surface area contributed by atoms with Crippen LogP contribution in [0.3, 0.4) is 0 Å². The number of benzene rings is 3. The van der Waals surface area contributed by atoms with Crippen LogP contribution in [0.5, 0.6) is 11.5 Å². The lowest BCUT2D eigenvalue weighted by atomic mass is 10.2. The van der Waals surface area contributed by atoms with Gasteiger partial charge in [0.05, 0.1) is 42.1 Å². The van der Waals surface area contributed by atoms with Gasteiger partial charge in [0.25, 0.3) is 0 Å². The molecule has 1 aliphatic rings. The zero-order valence-corrected chi connectivity index (χ0v) is 17.8. The summed E-state index contributed by atoms with van der Waals surface area (Å²) in [5.74, 6) is 0.545. The van der Waals surface area contributed by atoms with Gasteiger partial charge in [-0.2, -0.15) is 0 Å². The van der Waals surface area contributed by atoms with Crippen molar-refractivity contribution in [2.24, 2.45) is 0 Å². The Labute approximate surface area is 183 Å². The molecule has 3 aromatic carbocycles. The van der Waals surface area contributed by atoms with E-state index in [1.807, 2.05) is 24.3 Å². The van der Waals surface area contributed by atoms with Gasteiger partial charge < -0.3 is 9.47 Å². The zero-order valence-electron chi connectivity index (χ0n) is 16.3. The van der Waals surface area contributed by atoms with E-state index in [4.69, 9.17) is 21.1 Å². The Hall–Kier alpha value is -2.90. The summed E-state index contributed by atoms with van der Waals surface area (Å²) in [6, 6.07) is 17.2. The molecule has 2 amide bonds. The fraction of sp³-hybridized carbons (Fsp3) is 0.136. The largest absolute Gasteiger partial charge is 0.493 e. The third kappa shape index (κ3) is 3.66. The van der Waals surface area contributed by atoms with Crippen molar-refractivity contribution in [2.75, 3.05) is 23.4 Å². The second kappa shape index (κ2) is 8.45. The van der Waals surface area contributed by atoms with E-state index < -0.39 is 5.82 Å². The van der Waals surface area contributed by atoms with E-state index in [0.717, 1.165) is 4.90 Å². The number of carbonyl (C=O) groups excluding carboxylic acids is 1. The molecular formula is C22H18ClFN2O3S. The van der Waals surface area contributed by atoms with Crippen molar-refractivity contribution in [2.45, 2.75) is 11.4 Å². The molecule has 8 heteroatoms. The van der Waals surface area contributed by atoms with Crippen LogP contribution in [0.1, 0.15) is 5.56 Å². The van der Waals surface area contributed by atoms with Crippen LogP contribution in [0.15, 0.2) is 65.6 Å². The molecule has 0 aliphatic carbocycles. The molecule has 4 rings (SSSR count). The number of hydrogen-bond acceptors (Lipinski definition) is 4. The van der Waals surface area contributed by atoms with Gasteiger partial charge in [-0.15, -0.1) is 0 Å². The molecule has 0 bridgehead atoms. The smallest absolute Gasteiger partial charge is 0.339 e. The van der Waals surface area contributed by atoms with Gasteiger partial charge in [-0.25, -0.2) is 13.5 Å². The molecule has 0 aromatic heterocycles. The first kappa shape index (κ1) is 20.4. The van der Waals surface area contributed by atoms with Crippen LogP contribution < -0.4 is 18.7 Å². The van der Waals surface area contributed by atoms with E-state index in [-0.39, 0.29) is 17.6 Å². The van der Waals surface area contributed by atoms with Crippen LogP contribution in [-0.2, 0) is 6.54 Å². The fourth-order valence-corrected chi connectivity index (χ4v) is 4.41. The highest BCUT2D eigenvalue weighted by Crippen LogP contribution is 2.43. The Morgan fingerprint density at radius 1 is 1.00 bits per heavy atom. The van der Waals surface area contributed by atoms with Gasteiger partial charge in [-0.1, -0.05) is 35.9 Å². The molecule has 0 saturated heterocycles. The summed E-state index contributed by atoms with van der Waals surface area (Å²) in [7, 11) is 3.09. The monoisotopic (exact) mass is 444 g/mol. The Kier molecular flexibility index (Phi) is 5.74. The highest BCUT2D eigenvalue weighted by atomic mass is 35.5. The number of methoxy groups -OCH3 is 2. The van der Waals surface area contributed by atoms with Crippen LogP contribution in [0.25, 0.3) is 0 Å². The first-order valence-electron chi connectivity index (χ1n) is 9.07. The van der Waals surface area contributed by atoms with Crippen molar-refractivity contribution < 1.29 is 18.7 Å². The second-order valence-electron chi connectivity index (χ2n) is 6.47.